The highest BCUT2D eigenvalue weighted by Crippen LogP contribution is 2.04. The Morgan fingerprint density at radius 3 is 2.80 bits per heavy atom. The van der Waals surface area contributed by atoms with Gasteiger partial charge in [0.25, 0.3) is 5.56 Å². The first-order chi connectivity index (χ1) is 7.15. The summed E-state index contributed by atoms with van der Waals surface area (Å²) in [5.41, 5.74) is 0.766. The molecule has 0 N–H and O–H groups in total. The van der Waals surface area contributed by atoms with Crippen LogP contribution in [0.3, 0.4) is 0 Å². The van der Waals surface area contributed by atoms with Crippen LogP contribution in [0, 0.1) is 0 Å². The number of hydrogen-bond donors (Lipinski definition) is 0. The monoisotopic (exact) mass is 207 g/mol. The Balaban J connectivity index is 2.76. The van der Waals surface area contributed by atoms with E-state index >= 15 is 0 Å². The van der Waals surface area contributed by atoms with Gasteiger partial charge in [-0.2, -0.15) is 0 Å². The molecule has 6 nitrogen and oxygen atoms in total. The summed E-state index contributed by atoms with van der Waals surface area (Å²) in [6, 6.07) is 0.0844. The standard InChI is InChI=1S/C9H13N5O/c1-4-14-8-7(11-12-14)9(15)13(5-10-8)6(2)3/h5-6H,4H2,1-3H3. The number of fused-ring (bicyclic) bond motifs is 1. The van der Waals surface area contributed by atoms with Gasteiger partial charge in [0.2, 0.25) is 0 Å². The molecule has 6 heteroatoms. The second-order valence-corrected chi connectivity index (χ2v) is 3.63. The molecule has 2 heterocycles. The van der Waals surface area contributed by atoms with Gasteiger partial charge in [-0.25, -0.2) is 9.67 Å². The molecule has 0 fully saturated rings. The van der Waals surface area contributed by atoms with Crippen LogP contribution in [0.2, 0.25) is 0 Å². The first-order valence-corrected chi connectivity index (χ1v) is 4.95. The van der Waals surface area contributed by atoms with Crippen molar-refractivity contribution < 1.29 is 0 Å². The summed E-state index contributed by atoms with van der Waals surface area (Å²) < 4.78 is 3.17. The minimum absolute atomic E-state index is 0.0844. The average Bonchev–Trinajstić information content (AvgIpc) is 2.61. The summed E-state index contributed by atoms with van der Waals surface area (Å²) in [7, 11) is 0. The highest BCUT2D eigenvalue weighted by Gasteiger charge is 2.11. The number of aromatic nitrogens is 5. The first-order valence-electron chi connectivity index (χ1n) is 4.95. The molecule has 2 aromatic heterocycles. The van der Waals surface area contributed by atoms with E-state index in [0.717, 1.165) is 0 Å². The van der Waals surface area contributed by atoms with Crippen molar-refractivity contribution in [3.05, 3.63) is 16.7 Å². The van der Waals surface area contributed by atoms with Crippen LogP contribution in [0.15, 0.2) is 11.1 Å². The Kier molecular flexibility index (Phi) is 2.26. The van der Waals surface area contributed by atoms with E-state index in [0.29, 0.717) is 17.7 Å². The van der Waals surface area contributed by atoms with Gasteiger partial charge in [0.15, 0.2) is 11.2 Å². The maximum absolute atomic E-state index is 11.9. The zero-order valence-corrected chi connectivity index (χ0v) is 9.01. The van der Waals surface area contributed by atoms with Crippen molar-refractivity contribution >= 4 is 11.2 Å². The van der Waals surface area contributed by atoms with Gasteiger partial charge in [-0.15, -0.1) is 5.10 Å². The maximum Gasteiger partial charge on any atom is 0.283 e. The second kappa shape index (κ2) is 3.45. The van der Waals surface area contributed by atoms with Gasteiger partial charge in [-0.3, -0.25) is 9.36 Å². The van der Waals surface area contributed by atoms with E-state index in [2.05, 4.69) is 15.3 Å². The Hall–Kier alpha value is -1.72. The number of nitrogens with zero attached hydrogens (tertiary/aromatic N) is 5. The Bertz CT molecular complexity index is 539. The molecule has 0 aromatic carbocycles. The lowest BCUT2D eigenvalue weighted by Crippen LogP contribution is -2.22. The molecule has 0 bridgehead atoms. The van der Waals surface area contributed by atoms with Crippen molar-refractivity contribution in [3.63, 3.8) is 0 Å². The van der Waals surface area contributed by atoms with Gasteiger partial charge in [-0.1, -0.05) is 5.21 Å². The molecule has 15 heavy (non-hydrogen) atoms. The fraction of sp³-hybridized carbons (Fsp3) is 0.556. The summed E-state index contributed by atoms with van der Waals surface area (Å²) in [6.45, 7) is 6.46. The molecular weight excluding hydrogens is 194 g/mol. The van der Waals surface area contributed by atoms with Crippen LogP contribution in [0.1, 0.15) is 26.8 Å². The van der Waals surface area contributed by atoms with Crippen molar-refractivity contribution in [2.45, 2.75) is 33.4 Å². The molecule has 2 aromatic rings. The predicted molar refractivity (Wildman–Crippen MR) is 55.6 cm³/mol. The molecule has 0 aliphatic rings. The lowest BCUT2D eigenvalue weighted by molar-refractivity contribution is 0.571. The summed E-state index contributed by atoms with van der Waals surface area (Å²) >= 11 is 0. The first kappa shape index (κ1) is 9.82. The highest BCUT2D eigenvalue weighted by molar-refractivity contribution is 5.67. The average molecular weight is 207 g/mol. The molecule has 0 unspecified atom stereocenters. The molecule has 2 rings (SSSR count). The molecule has 80 valence electrons. The lowest BCUT2D eigenvalue weighted by Gasteiger charge is -2.07. The molecule has 0 radical (unpaired) electrons. The smallest absolute Gasteiger partial charge is 0.283 e. The predicted octanol–water partition coefficient (Wildman–Crippen LogP) is 0.589. The summed E-state index contributed by atoms with van der Waals surface area (Å²) in [4.78, 5) is 16.1. The third kappa shape index (κ3) is 1.42. The second-order valence-electron chi connectivity index (χ2n) is 3.63. The van der Waals surface area contributed by atoms with Crippen LogP contribution in [0.5, 0.6) is 0 Å². The SMILES string of the molecule is CCn1nnc2c(=O)n(C(C)C)cnc21. The van der Waals surface area contributed by atoms with E-state index in [4.69, 9.17) is 0 Å². The van der Waals surface area contributed by atoms with Gasteiger partial charge in [0.1, 0.15) is 6.33 Å². The lowest BCUT2D eigenvalue weighted by atomic mass is 10.4. The number of aryl methyl sites for hydroxylation is 1. The summed E-state index contributed by atoms with van der Waals surface area (Å²) in [6.07, 6.45) is 1.55. The van der Waals surface area contributed by atoms with Crippen LogP contribution < -0.4 is 5.56 Å². The number of hydrogen-bond acceptors (Lipinski definition) is 4. The van der Waals surface area contributed by atoms with Gasteiger partial charge >= 0.3 is 0 Å². The molecule has 0 aliphatic carbocycles. The minimum Gasteiger partial charge on any atom is -0.295 e. The Morgan fingerprint density at radius 1 is 1.47 bits per heavy atom. The third-order valence-corrected chi connectivity index (χ3v) is 2.31. The summed E-state index contributed by atoms with van der Waals surface area (Å²) in [5, 5.41) is 7.72. The van der Waals surface area contributed by atoms with Crippen molar-refractivity contribution in [3.8, 4) is 0 Å². The number of rotatable bonds is 2. The quantitative estimate of drug-likeness (QED) is 0.722. The van der Waals surface area contributed by atoms with Crippen LogP contribution in [-0.2, 0) is 6.54 Å². The maximum atomic E-state index is 11.9. The highest BCUT2D eigenvalue weighted by atomic mass is 16.1. The van der Waals surface area contributed by atoms with E-state index in [1.165, 1.54) is 0 Å². The van der Waals surface area contributed by atoms with Crippen LogP contribution >= 0.6 is 0 Å². The van der Waals surface area contributed by atoms with E-state index in [1.807, 2.05) is 20.8 Å². The molecule has 0 atom stereocenters. The molecule has 0 aliphatic heterocycles. The Labute approximate surface area is 86.5 Å². The zero-order valence-electron chi connectivity index (χ0n) is 9.01. The zero-order chi connectivity index (χ0) is 11.0. The molecule has 0 amide bonds. The molecular formula is C9H13N5O. The van der Waals surface area contributed by atoms with E-state index in [1.54, 1.807) is 15.6 Å². The fourth-order valence-electron chi connectivity index (χ4n) is 1.45. The van der Waals surface area contributed by atoms with Crippen molar-refractivity contribution in [1.29, 1.82) is 0 Å². The third-order valence-electron chi connectivity index (χ3n) is 2.31. The minimum atomic E-state index is -0.130. The van der Waals surface area contributed by atoms with Crippen molar-refractivity contribution in [1.82, 2.24) is 24.5 Å². The van der Waals surface area contributed by atoms with Crippen LogP contribution in [0.4, 0.5) is 0 Å². The summed E-state index contributed by atoms with van der Waals surface area (Å²) in [5.74, 6) is 0. The largest absolute Gasteiger partial charge is 0.295 e. The van der Waals surface area contributed by atoms with Gasteiger partial charge in [-0.05, 0) is 20.8 Å². The van der Waals surface area contributed by atoms with Gasteiger partial charge in [0.05, 0.1) is 0 Å². The molecule has 0 spiro atoms. The van der Waals surface area contributed by atoms with Crippen LogP contribution in [-0.4, -0.2) is 24.5 Å². The van der Waals surface area contributed by atoms with Crippen molar-refractivity contribution in [2.24, 2.45) is 0 Å². The van der Waals surface area contributed by atoms with E-state index in [-0.39, 0.29) is 11.6 Å². The van der Waals surface area contributed by atoms with E-state index < -0.39 is 0 Å². The normalized spacial score (nSPS) is 11.5. The molecule has 0 saturated carbocycles. The topological polar surface area (TPSA) is 65.6 Å². The van der Waals surface area contributed by atoms with E-state index in [9.17, 15) is 4.79 Å². The Morgan fingerprint density at radius 2 is 2.20 bits per heavy atom. The van der Waals surface area contributed by atoms with Gasteiger partial charge in [0, 0.05) is 12.6 Å². The van der Waals surface area contributed by atoms with Crippen LogP contribution in [0.25, 0.3) is 11.2 Å². The fourth-order valence-corrected chi connectivity index (χ4v) is 1.45. The molecule has 0 saturated heterocycles. The van der Waals surface area contributed by atoms with Crippen molar-refractivity contribution in [2.75, 3.05) is 0 Å². The van der Waals surface area contributed by atoms with Gasteiger partial charge < -0.3 is 0 Å².